The van der Waals surface area contributed by atoms with E-state index in [9.17, 15) is 10.2 Å². The molecule has 109 valence electrons. The van der Waals surface area contributed by atoms with E-state index in [0.29, 0.717) is 0 Å². The fourth-order valence-electron chi connectivity index (χ4n) is 1.72. The van der Waals surface area contributed by atoms with Gasteiger partial charge in [-0.1, -0.05) is 68.2 Å². The van der Waals surface area contributed by atoms with E-state index in [4.69, 9.17) is 0 Å². The fourth-order valence-corrected chi connectivity index (χ4v) is 1.72. The van der Waals surface area contributed by atoms with E-state index >= 15 is 0 Å². The molecule has 0 aromatic carbocycles. The fraction of sp³-hybridized carbons (Fsp3) is 1.00. The van der Waals surface area contributed by atoms with Gasteiger partial charge in [-0.3, -0.25) is 0 Å². The van der Waals surface area contributed by atoms with Crippen molar-refractivity contribution < 1.29 is 27.3 Å². The molecule has 3 heteroatoms. The Morgan fingerprint density at radius 1 is 0.706 bits per heavy atom. The molecular formula is C14H30CuO2. The van der Waals surface area contributed by atoms with Gasteiger partial charge in [0.2, 0.25) is 0 Å². The number of hydrogen-bond acceptors (Lipinski definition) is 2. The van der Waals surface area contributed by atoms with Gasteiger partial charge in [-0.25, -0.2) is 0 Å². The van der Waals surface area contributed by atoms with E-state index in [1.807, 2.05) is 0 Å². The van der Waals surface area contributed by atoms with Crippen LogP contribution in [0, 0.1) is 10.8 Å². The maximum absolute atomic E-state index is 10.5. The largest absolute Gasteiger partial charge is 2.00 e. The standard InChI is InChI=1S/2C7H15O.Cu/c2*1-6(8)5-7(2,3)4;/h2*6H,5H2,1-4H3;/q2*-1;+2. The average molecular weight is 294 g/mol. The summed E-state index contributed by atoms with van der Waals surface area (Å²) in [5, 5.41) is 21.1. The minimum absolute atomic E-state index is 0. The van der Waals surface area contributed by atoms with Gasteiger partial charge in [0, 0.05) is 0 Å². The molecule has 0 bridgehead atoms. The smallest absolute Gasteiger partial charge is 0.852 e. The zero-order valence-electron chi connectivity index (χ0n) is 12.7. The predicted molar refractivity (Wildman–Crippen MR) is 67.1 cm³/mol. The zero-order chi connectivity index (χ0) is 13.6. The molecule has 2 unspecified atom stereocenters. The second-order valence-electron chi connectivity index (χ2n) is 7.15. The molecule has 0 aliphatic carbocycles. The van der Waals surface area contributed by atoms with Crippen LogP contribution in [0.2, 0.25) is 0 Å². The molecule has 0 aromatic heterocycles. The summed E-state index contributed by atoms with van der Waals surface area (Å²) in [6.07, 6.45) is 0.727. The van der Waals surface area contributed by atoms with Crippen LogP contribution in [0.4, 0.5) is 0 Å². The summed E-state index contributed by atoms with van der Waals surface area (Å²) in [6.45, 7) is 15.9. The molecule has 1 radical (unpaired) electrons. The quantitative estimate of drug-likeness (QED) is 0.734. The van der Waals surface area contributed by atoms with Crippen molar-refractivity contribution in [2.75, 3.05) is 0 Å². The second-order valence-corrected chi connectivity index (χ2v) is 7.15. The molecule has 0 saturated heterocycles. The SMILES string of the molecule is CC([O-])CC(C)(C)C.CC([O-])CC(C)(C)C.[Cu+2]. The third-order valence-electron chi connectivity index (χ3n) is 1.80. The van der Waals surface area contributed by atoms with Gasteiger partial charge >= 0.3 is 17.1 Å². The van der Waals surface area contributed by atoms with Gasteiger partial charge in [-0.15, -0.1) is 12.2 Å². The monoisotopic (exact) mass is 293 g/mol. The van der Waals surface area contributed by atoms with Crippen molar-refractivity contribution in [3.05, 3.63) is 0 Å². The van der Waals surface area contributed by atoms with E-state index in [2.05, 4.69) is 41.5 Å². The first-order valence-electron chi connectivity index (χ1n) is 6.15. The predicted octanol–water partition coefficient (Wildman–Crippen LogP) is 2.34. The van der Waals surface area contributed by atoms with Gasteiger partial charge < -0.3 is 10.2 Å². The molecule has 2 nitrogen and oxygen atoms in total. The summed E-state index contributed by atoms with van der Waals surface area (Å²) >= 11 is 0. The van der Waals surface area contributed by atoms with Crippen molar-refractivity contribution in [1.82, 2.24) is 0 Å². The van der Waals surface area contributed by atoms with E-state index < -0.39 is 12.2 Å². The molecule has 0 amide bonds. The van der Waals surface area contributed by atoms with E-state index in [-0.39, 0.29) is 27.9 Å². The van der Waals surface area contributed by atoms with E-state index in [1.54, 1.807) is 13.8 Å². The van der Waals surface area contributed by atoms with Gasteiger partial charge in [0.1, 0.15) is 0 Å². The van der Waals surface area contributed by atoms with Crippen LogP contribution in [0.25, 0.3) is 0 Å². The Morgan fingerprint density at radius 3 is 0.882 bits per heavy atom. The Labute approximate surface area is 119 Å². The second kappa shape index (κ2) is 9.38. The normalized spacial score (nSPS) is 15.2. The molecule has 0 aliphatic rings. The topological polar surface area (TPSA) is 46.1 Å². The van der Waals surface area contributed by atoms with Gasteiger partial charge in [-0.2, -0.15) is 0 Å². The Hall–Kier alpha value is 0.439. The van der Waals surface area contributed by atoms with Crippen LogP contribution < -0.4 is 10.2 Å². The summed E-state index contributed by atoms with van der Waals surface area (Å²) in [7, 11) is 0. The van der Waals surface area contributed by atoms with Gasteiger partial charge in [0.05, 0.1) is 0 Å². The van der Waals surface area contributed by atoms with Crippen LogP contribution in [0.1, 0.15) is 68.2 Å². The summed E-state index contributed by atoms with van der Waals surface area (Å²) in [4.78, 5) is 0. The molecule has 0 fully saturated rings. The van der Waals surface area contributed by atoms with Crippen molar-refractivity contribution in [3.63, 3.8) is 0 Å². The Morgan fingerprint density at radius 2 is 0.882 bits per heavy atom. The molecule has 0 saturated carbocycles. The Kier molecular flexibility index (Phi) is 12.5. The van der Waals surface area contributed by atoms with Crippen LogP contribution >= 0.6 is 0 Å². The first kappa shape index (κ1) is 22.6. The zero-order valence-corrected chi connectivity index (χ0v) is 13.6. The third-order valence-corrected chi connectivity index (χ3v) is 1.80. The molecule has 0 spiro atoms. The van der Waals surface area contributed by atoms with Crippen LogP contribution in [-0.2, 0) is 17.1 Å². The van der Waals surface area contributed by atoms with E-state index in [1.165, 1.54) is 0 Å². The molecular weight excluding hydrogens is 264 g/mol. The van der Waals surface area contributed by atoms with Crippen molar-refractivity contribution in [2.24, 2.45) is 10.8 Å². The molecule has 0 aromatic rings. The van der Waals surface area contributed by atoms with Crippen molar-refractivity contribution in [1.29, 1.82) is 0 Å². The van der Waals surface area contributed by atoms with Gasteiger partial charge in [0.15, 0.2) is 0 Å². The Balaban J connectivity index is -0.000000218. The van der Waals surface area contributed by atoms with Crippen molar-refractivity contribution in [2.45, 2.75) is 80.4 Å². The first-order chi connectivity index (χ1) is 6.83. The van der Waals surface area contributed by atoms with Crippen LogP contribution in [-0.4, -0.2) is 12.2 Å². The van der Waals surface area contributed by atoms with Gasteiger partial charge in [-0.05, 0) is 10.8 Å². The summed E-state index contributed by atoms with van der Waals surface area (Å²) in [5.74, 6) is 0. The Bertz CT molecular complexity index is 144. The molecule has 0 rings (SSSR count). The molecule has 2 atom stereocenters. The maximum Gasteiger partial charge on any atom is 2.00 e. The molecule has 17 heavy (non-hydrogen) atoms. The molecule has 0 aliphatic heterocycles. The van der Waals surface area contributed by atoms with Crippen molar-refractivity contribution >= 4 is 0 Å². The average Bonchev–Trinajstić information content (AvgIpc) is 1.72. The summed E-state index contributed by atoms with van der Waals surface area (Å²) in [5.41, 5.74) is 0.419. The summed E-state index contributed by atoms with van der Waals surface area (Å²) < 4.78 is 0. The minimum Gasteiger partial charge on any atom is -0.852 e. The minimum atomic E-state index is -0.407. The number of hydrogen-bond donors (Lipinski definition) is 0. The third kappa shape index (κ3) is 31.5. The van der Waals surface area contributed by atoms with Crippen molar-refractivity contribution in [3.8, 4) is 0 Å². The van der Waals surface area contributed by atoms with E-state index in [0.717, 1.165) is 12.8 Å². The molecule has 0 heterocycles. The molecule has 0 N–H and O–H groups in total. The number of rotatable bonds is 2. The van der Waals surface area contributed by atoms with Crippen LogP contribution in [0.15, 0.2) is 0 Å². The maximum atomic E-state index is 10.5. The van der Waals surface area contributed by atoms with Gasteiger partial charge in [0.25, 0.3) is 0 Å². The summed E-state index contributed by atoms with van der Waals surface area (Å²) in [6, 6.07) is 0. The van der Waals surface area contributed by atoms with Crippen LogP contribution in [0.5, 0.6) is 0 Å². The van der Waals surface area contributed by atoms with Crippen LogP contribution in [0.3, 0.4) is 0 Å². The first-order valence-corrected chi connectivity index (χ1v) is 6.15.